The predicted octanol–water partition coefficient (Wildman–Crippen LogP) is 2.76. The number of benzene rings is 1. The third-order valence-electron chi connectivity index (χ3n) is 3.94. The molecule has 1 N–H and O–H groups in total. The molecule has 1 fully saturated rings. The Balaban J connectivity index is 1.83. The van der Waals surface area contributed by atoms with Crippen LogP contribution in [0.5, 0.6) is 0 Å². The highest BCUT2D eigenvalue weighted by Crippen LogP contribution is 2.31. The van der Waals surface area contributed by atoms with E-state index in [1.54, 1.807) is 12.1 Å². The highest BCUT2D eigenvalue weighted by atomic mass is 32.1. The number of nitrogens with one attached hydrogen (secondary N) is 1. The molecule has 9 heteroatoms. The lowest BCUT2D eigenvalue weighted by molar-refractivity contribution is -0.119. The fraction of sp³-hybridized carbons (Fsp3) is 0.412. The maximum atomic E-state index is 14.6. The number of carbonyl (C=O) groups is 2. The van der Waals surface area contributed by atoms with Crippen LogP contribution in [0, 0.1) is 5.82 Å². The molecule has 0 unspecified atom stereocenters. The molecule has 0 saturated carbocycles. The normalized spacial score (nSPS) is 16.7. The molecule has 2 heterocycles. The fourth-order valence-electron chi connectivity index (χ4n) is 2.69. The summed E-state index contributed by atoms with van der Waals surface area (Å²) in [4.78, 5) is 24.5. The van der Waals surface area contributed by atoms with Crippen LogP contribution in [-0.4, -0.2) is 41.4 Å². The largest absolute Gasteiger partial charge is 0.447 e. The molecular formula is C17H19FN4O3S. The average Bonchev–Trinajstić information content (AvgIpc) is 3.20. The molecule has 1 aliphatic heterocycles. The lowest BCUT2D eigenvalue weighted by Gasteiger charge is -2.21. The highest BCUT2D eigenvalue weighted by Gasteiger charge is 2.34. The molecule has 138 valence electrons. The molecule has 1 aliphatic rings. The van der Waals surface area contributed by atoms with Crippen LogP contribution >= 0.6 is 11.3 Å². The molecule has 1 aromatic carbocycles. The molecule has 3 rings (SSSR count). The van der Waals surface area contributed by atoms with Crippen molar-refractivity contribution in [1.82, 2.24) is 15.5 Å². The molecule has 0 radical (unpaired) electrons. The third-order valence-corrected chi connectivity index (χ3v) is 4.96. The standard InChI is InChI=1S/C17H19FN4O3S/c1-3-4-15-20-21-16(26-15)13-6-5-11(7-14(13)18)22-12(8-19-10(2)23)9-25-17(22)24/h5-7,12H,3-4,8-9H2,1-2H3,(H,19,23)/t12-/m0/s1. The molecule has 26 heavy (non-hydrogen) atoms. The van der Waals surface area contributed by atoms with E-state index in [0.717, 1.165) is 17.8 Å². The Morgan fingerprint density at radius 1 is 1.46 bits per heavy atom. The van der Waals surface area contributed by atoms with Crippen LogP contribution < -0.4 is 10.2 Å². The summed E-state index contributed by atoms with van der Waals surface area (Å²) in [7, 11) is 0. The monoisotopic (exact) mass is 378 g/mol. The van der Waals surface area contributed by atoms with Crippen LogP contribution in [0.3, 0.4) is 0 Å². The number of amides is 2. The van der Waals surface area contributed by atoms with Crippen LogP contribution in [-0.2, 0) is 16.0 Å². The Hall–Kier alpha value is -2.55. The summed E-state index contributed by atoms with van der Waals surface area (Å²) in [5.41, 5.74) is 0.724. The van der Waals surface area contributed by atoms with Gasteiger partial charge in [-0.25, -0.2) is 9.18 Å². The van der Waals surface area contributed by atoms with Gasteiger partial charge in [-0.1, -0.05) is 18.3 Å². The Kier molecular flexibility index (Phi) is 5.46. The second-order valence-corrected chi connectivity index (χ2v) is 7.01. The summed E-state index contributed by atoms with van der Waals surface area (Å²) in [5.74, 6) is -0.690. The summed E-state index contributed by atoms with van der Waals surface area (Å²) in [6.07, 6.45) is 1.19. The Bertz CT molecular complexity index is 826. The Labute approximate surface area is 154 Å². The minimum absolute atomic E-state index is 0.138. The van der Waals surface area contributed by atoms with E-state index in [-0.39, 0.29) is 25.1 Å². The third kappa shape index (κ3) is 3.82. The van der Waals surface area contributed by atoms with Crippen molar-refractivity contribution < 1.29 is 18.7 Å². The van der Waals surface area contributed by atoms with Crippen LogP contribution in [0.15, 0.2) is 18.2 Å². The van der Waals surface area contributed by atoms with Crippen LogP contribution in [0.1, 0.15) is 25.3 Å². The number of aromatic nitrogens is 2. The van der Waals surface area contributed by atoms with Gasteiger partial charge < -0.3 is 10.1 Å². The van der Waals surface area contributed by atoms with E-state index in [4.69, 9.17) is 4.74 Å². The van der Waals surface area contributed by atoms with E-state index in [0.29, 0.717) is 16.3 Å². The van der Waals surface area contributed by atoms with Crippen molar-refractivity contribution in [2.45, 2.75) is 32.7 Å². The van der Waals surface area contributed by atoms with Crippen molar-refractivity contribution in [3.05, 3.63) is 29.0 Å². The summed E-state index contributed by atoms with van der Waals surface area (Å²) >= 11 is 1.36. The van der Waals surface area contributed by atoms with E-state index in [1.165, 1.54) is 29.2 Å². The second-order valence-electron chi connectivity index (χ2n) is 5.95. The zero-order chi connectivity index (χ0) is 18.7. The summed E-state index contributed by atoms with van der Waals surface area (Å²) < 4.78 is 19.7. The number of halogens is 1. The zero-order valence-electron chi connectivity index (χ0n) is 14.5. The molecule has 0 spiro atoms. The molecule has 1 atom stereocenters. The number of hydrogen-bond acceptors (Lipinski definition) is 6. The van der Waals surface area contributed by atoms with Gasteiger partial charge in [-0.3, -0.25) is 9.69 Å². The molecule has 7 nitrogen and oxygen atoms in total. The minimum Gasteiger partial charge on any atom is -0.447 e. The van der Waals surface area contributed by atoms with Gasteiger partial charge in [0.1, 0.15) is 17.4 Å². The van der Waals surface area contributed by atoms with Gasteiger partial charge in [0.05, 0.1) is 11.7 Å². The van der Waals surface area contributed by atoms with Gasteiger partial charge in [0, 0.05) is 25.5 Å². The van der Waals surface area contributed by atoms with Gasteiger partial charge >= 0.3 is 6.09 Å². The maximum absolute atomic E-state index is 14.6. The number of nitrogens with zero attached hydrogens (tertiary/aromatic N) is 3. The van der Waals surface area contributed by atoms with Crippen LogP contribution in [0.4, 0.5) is 14.9 Å². The van der Waals surface area contributed by atoms with Gasteiger partial charge in [0.25, 0.3) is 0 Å². The van der Waals surface area contributed by atoms with E-state index in [1.807, 2.05) is 6.92 Å². The molecule has 1 saturated heterocycles. The van der Waals surface area contributed by atoms with Crippen molar-refractivity contribution in [2.75, 3.05) is 18.1 Å². The van der Waals surface area contributed by atoms with Crippen molar-refractivity contribution in [3.8, 4) is 10.6 Å². The molecule has 0 aliphatic carbocycles. The first-order valence-corrected chi connectivity index (χ1v) is 9.14. The smallest absolute Gasteiger partial charge is 0.414 e. The van der Waals surface area contributed by atoms with Crippen molar-refractivity contribution in [1.29, 1.82) is 0 Å². The van der Waals surface area contributed by atoms with Gasteiger partial charge in [0.15, 0.2) is 5.01 Å². The minimum atomic E-state index is -0.561. The van der Waals surface area contributed by atoms with E-state index >= 15 is 0 Å². The van der Waals surface area contributed by atoms with Gasteiger partial charge in [-0.15, -0.1) is 10.2 Å². The number of cyclic esters (lactones) is 1. The molecular weight excluding hydrogens is 359 g/mol. The van der Waals surface area contributed by atoms with E-state index in [9.17, 15) is 14.0 Å². The summed E-state index contributed by atoms with van der Waals surface area (Å²) in [6.45, 7) is 3.81. The maximum Gasteiger partial charge on any atom is 0.414 e. The number of anilines is 1. The quantitative estimate of drug-likeness (QED) is 0.836. The zero-order valence-corrected chi connectivity index (χ0v) is 15.3. The van der Waals surface area contributed by atoms with Crippen molar-refractivity contribution in [2.24, 2.45) is 0 Å². The van der Waals surface area contributed by atoms with Gasteiger partial charge in [-0.2, -0.15) is 0 Å². The first-order chi connectivity index (χ1) is 12.5. The molecule has 2 aromatic rings. The summed E-state index contributed by atoms with van der Waals surface area (Å²) in [6, 6.07) is 4.13. The van der Waals surface area contributed by atoms with E-state index < -0.39 is 11.9 Å². The SMILES string of the molecule is CCCc1nnc(-c2ccc(N3C(=O)OC[C@@H]3CNC(C)=O)cc2F)s1. The van der Waals surface area contributed by atoms with Gasteiger partial charge in [0.2, 0.25) is 5.91 Å². The Morgan fingerprint density at radius 3 is 2.96 bits per heavy atom. The van der Waals surface area contributed by atoms with Crippen molar-refractivity contribution >= 4 is 29.0 Å². The first-order valence-electron chi connectivity index (χ1n) is 8.32. The van der Waals surface area contributed by atoms with Crippen molar-refractivity contribution in [3.63, 3.8) is 0 Å². The summed E-state index contributed by atoms with van der Waals surface area (Å²) in [5, 5.41) is 12.1. The number of carbonyl (C=O) groups excluding carboxylic acids is 2. The lowest BCUT2D eigenvalue weighted by Crippen LogP contribution is -2.42. The first kappa shape index (κ1) is 18.2. The number of aryl methyl sites for hydroxylation is 1. The molecule has 0 bridgehead atoms. The lowest BCUT2D eigenvalue weighted by atomic mass is 10.1. The number of hydrogen-bond donors (Lipinski definition) is 1. The van der Waals surface area contributed by atoms with Crippen LogP contribution in [0.2, 0.25) is 0 Å². The predicted molar refractivity (Wildman–Crippen MR) is 95.6 cm³/mol. The fourth-order valence-corrected chi connectivity index (χ4v) is 3.66. The average molecular weight is 378 g/mol. The molecule has 2 amide bonds. The topological polar surface area (TPSA) is 84.4 Å². The second kappa shape index (κ2) is 7.77. The number of rotatable bonds is 6. The van der Waals surface area contributed by atoms with Gasteiger partial charge in [-0.05, 0) is 24.6 Å². The Morgan fingerprint density at radius 2 is 2.27 bits per heavy atom. The number of ether oxygens (including phenoxy) is 1. The van der Waals surface area contributed by atoms with Crippen LogP contribution in [0.25, 0.3) is 10.6 Å². The molecule has 1 aromatic heterocycles. The highest BCUT2D eigenvalue weighted by molar-refractivity contribution is 7.14. The van der Waals surface area contributed by atoms with E-state index in [2.05, 4.69) is 15.5 Å².